The second-order valence-corrected chi connectivity index (χ2v) is 5.80. The number of hydrogen-bond acceptors (Lipinski definition) is 4. The summed E-state index contributed by atoms with van der Waals surface area (Å²) in [4.78, 5) is 23.1. The van der Waals surface area contributed by atoms with E-state index in [0.29, 0.717) is 6.61 Å². The Bertz CT molecular complexity index is 263. The van der Waals surface area contributed by atoms with Gasteiger partial charge in [0.15, 0.2) is 0 Å². The third kappa shape index (κ3) is 6.97. The Morgan fingerprint density at radius 2 is 1.71 bits per heavy atom. The maximum atomic E-state index is 11.9. The highest BCUT2D eigenvalue weighted by Gasteiger charge is 2.28. The van der Waals surface area contributed by atoms with Crippen LogP contribution in [0.25, 0.3) is 0 Å². The van der Waals surface area contributed by atoms with Gasteiger partial charge in [-0.15, -0.1) is 0 Å². The smallest absolute Gasteiger partial charge is 0.309 e. The van der Waals surface area contributed by atoms with Crippen molar-refractivity contribution in [1.82, 2.24) is 0 Å². The SMILES string of the molecule is COC(=O)CC(C(=O)OCC(C)(C)C)C(C)C. The molecule has 0 heterocycles. The third-order valence-electron chi connectivity index (χ3n) is 2.37. The van der Waals surface area contributed by atoms with Crippen molar-refractivity contribution in [1.29, 1.82) is 0 Å². The van der Waals surface area contributed by atoms with Crippen LogP contribution in [0.15, 0.2) is 0 Å². The fourth-order valence-electron chi connectivity index (χ4n) is 1.25. The van der Waals surface area contributed by atoms with Gasteiger partial charge < -0.3 is 9.47 Å². The molecule has 17 heavy (non-hydrogen) atoms. The monoisotopic (exact) mass is 244 g/mol. The van der Waals surface area contributed by atoms with Gasteiger partial charge in [0.25, 0.3) is 0 Å². The van der Waals surface area contributed by atoms with Gasteiger partial charge in [0, 0.05) is 0 Å². The number of esters is 2. The van der Waals surface area contributed by atoms with Crippen LogP contribution in [0.1, 0.15) is 41.0 Å². The van der Waals surface area contributed by atoms with E-state index in [2.05, 4.69) is 4.74 Å². The van der Waals surface area contributed by atoms with Gasteiger partial charge in [-0.3, -0.25) is 9.59 Å². The van der Waals surface area contributed by atoms with Gasteiger partial charge in [0.05, 0.1) is 26.1 Å². The van der Waals surface area contributed by atoms with Gasteiger partial charge in [0.1, 0.15) is 0 Å². The predicted octanol–water partition coefficient (Wildman–Crippen LogP) is 2.41. The molecule has 1 atom stereocenters. The Morgan fingerprint density at radius 1 is 1.18 bits per heavy atom. The number of ether oxygens (including phenoxy) is 2. The highest BCUT2D eigenvalue weighted by molar-refractivity contribution is 5.80. The summed E-state index contributed by atoms with van der Waals surface area (Å²) in [6, 6.07) is 0. The fourth-order valence-corrected chi connectivity index (χ4v) is 1.25. The van der Waals surface area contributed by atoms with Gasteiger partial charge in [-0.05, 0) is 11.3 Å². The van der Waals surface area contributed by atoms with E-state index in [1.807, 2.05) is 34.6 Å². The Balaban J connectivity index is 4.40. The number of rotatable bonds is 5. The van der Waals surface area contributed by atoms with Gasteiger partial charge >= 0.3 is 11.9 Å². The van der Waals surface area contributed by atoms with Crippen LogP contribution in [0.5, 0.6) is 0 Å². The molecule has 0 spiro atoms. The molecule has 0 aliphatic rings. The summed E-state index contributed by atoms with van der Waals surface area (Å²) in [5.41, 5.74) is -0.0670. The molecule has 0 aromatic heterocycles. The summed E-state index contributed by atoms with van der Waals surface area (Å²) < 4.78 is 9.81. The van der Waals surface area contributed by atoms with Crippen molar-refractivity contribution in [2.45, 2.75) is 41.0 Å². The van der Waals surface area contributed by atoms with Gasteiger partial charge in [0.2, 0.25) is 0 Å². The Hall–Kier alpha value is -1.06. The lowest BCUT2D eigenvalue weighted by Gasteiger charge is -2.22. The first kappa shape index (κ1) is 15.9. The van der Waals surface area contributed by atoms with Crippen molar-refractivity contribution in [3.05, 3.63) is 0 Å². The molecule has 1 unspecified atom stereocenters. The molecular weight excluding hydrogens is 220 g/mol. The molecule has 0 aliphatic heterocycles. The van der Waals surface area contributed by atoms with E-state index >= 15 is 0 Å². The lowest BCUT2D eigenvalue weighted by Crippen LogP contribution is -2.29. The van der Waals surface area contributed by atoms with Gasteiger partial charge in [-0.25, -0.2) is 0 Å². The summed E-state index contributed by atoms with van der Waals surface area (Å²) in [6.45, 7) is 10.1. The first-order valence-corrected chi connectivity index (χ1v) is 5.91. The summed E-state index contributed by atoms with van der Waals surface area (Å²) in [5, 5.41) is 0. The molecule has 0 radical (unpaired) electrons. The molecule has 0 saturated carbocycles. The molecule has 0 amide bonds. The average Bonchev–Trinajstić information content (AvgIpc) is 2.20. The quantitative estimate of drug-likeness (QED) is 0.697. The molecule has 0 bridgehead atoms. The molecule has 4 heteroatoms. The van der Waals surface area contributed by atoms with E-state index in [4.69, 9.17) is 4.74 Å². The number of carbonyl (C=O) groups is 2. The molecular formula is C13H24O4. The minimum Gasteiger partial charge on any atom is -0.469 e. The fraction of sp³-hybridized carbons (Fsp3) is 0.846. The van der Waals surface area contributed by atoms with Crippen LogP contribution in [0.2, 0.25) is 0 Å². The van der Waals surface area contributed by atoms with Crippen LogP contribution >= 0.6 is 0 Å². The van der Waals surface area contributed by atoms with Gasteiger partial charge in [-0.2, -0.15) is 0 Å². The standard InChI is InChI=1S/C13H24O4/c1-9(2)10(7-11(14)16-6)12(15)17-8-13(3,4)5/h9-10H,7-8H2,1-6H3. The van der Waals surface area contributed by atoms with Gasteiger partial charge in [-0.1, -0.05) is 34.6 Å². The van der Waals surface area contributed by atoms with E-state index in [-0.39, 0.29) is 29.7 Å². The maximum Gasteiger partial charge on any atom is 0.309 e. The normalized spacial score (nSPS) is 13.4. The highest BCUT2D eigenvalue weighted by Crippen LogP contribution is 2.20. The molecule has 0 rings (SSSR count). The second-order valence-electron chi connectivity index (χ2n) is 5.80. The Morgan fingerprint density at radius 3 is 2.06 bits per heavy atom. The lowest BCUT2D eigenvalue weighted by atomic mass is 9.92. The van der Waals surface area contributed by atoms with Crippen molar-refractivity contribution < 1.29 is 19.1 Å². The van der Waals surface area contributed by atoms with E-state index in [0.717, 1.165) is 0 Å². The first-order valence-electron chi connectivity index (χ1n) is 5.91. The van der Waals surface area contributed by atoms with Crippen LogP contribution in [-0.2, 0) is 19.1 Å². The zero-order chi connectivity index (χ0) is 13.6. The van der Waals surface area contributed by atoms with Crippen molar-refractivity contribution in [2.75, 3.05) is 13.7 Å². The Kier molecular flexibility index (Phi) is 6.21. The van der Waals surface area contributed by atoms with E-state index in [9.17, 15) is 9.59 Å². The summed E-state index contributed by atoms with van der Waals surface area (Å²) in [7, 11) is 1.32. The molecule has 0 aromatic carbocycles. The van der Waals surface area contributed by atoms with E-state index < -0.39 is 5.92 Å². The third-order valence-corrected chi connectivity index (χ3v) is 2.37. The zero-order valence-electron chi connectivity index (χ0n) is 11.7. The molecule has 0 saturated heterocycles. The predicted molar refractivity (Wildman–Crippen MR) is 65.4 cm³/mol. The molecule has 0 aromatic rings. The highest BCUT2D eigenvalue weighted by atomic mass is 16.5. The largest absolute Gasteiger partial charge is 0.469 e. The number of methoxy groups -OCH3 is 1. The van der Waals surface area contributed by atoms with Crippen LogP contribution in [0, 0.1) is 17.3 Å². The lowest BCUT2D eigenvalue weighted by molar-refractivity contribution is -0.157. The topological polar surface area (TPSA) is 52.6 Å². The second kappa shape index (κ2) is 6.62. The van der Waals surface area contributed by atoms with Crippen LogP contribution in [0.4, 0.5) is 0 Å². The summed E-state index contributed by atoms with van der Waals surface area (Å²) in [5.74, 6) is -1.07. The number of carbonyl (C=O) groups excluding carboxylic acids is 2. The zero-order valence-corrected chi connectivity index (χ0v) is 11.7. The summed E-state index contributed by atoms with van der Waals surface area (Å²) in [6.07, 6.45) is 0.0805. The van der Waals surface area contributed by atoms with Crippen molar-refractivity contribution in [3.8, 4) is 0 Å². The molecule has 0 fully saturated rings. The minimum absolute atomic E-state index is 0.0570. The van der Waals surface area contributed by atoms with E-state index in [1.165, 1.54) is 7.11 Å². The van der Waals surface area contributed by atoms with Crippen molar-refractivity contribution >= 4 is 11.9 Å². The van der Waals surface area contributed by atoms with E-state index in [1.54, 1.807) is 0 Å². The summed E-state index contributed by atoms with van der Waals surface area (Å²) >= 11 is 0. The maximum absolute atomic E-state index is 11.9. The van der Waals surface area contributed by atoms with Crippen LogP contribution in [-0.4, -0.2) is 25.7 Å². The Labute approximate surface area is 104 Å². The van der Waals surface area contributed by atoms with Crippen molar-refractivity contribution in [2.24, 2.45) is 17.3 Å². The molecule has 4 nitrogen and oxygen atoms in total. The van der Waals surface area contributed by atoms with Crippen LogP contribution in [0.3, 0.4) is 0 Å². The average molecular weight is 244 g/mol. The molecule has 0 N–H and O–H groups in total. The molecule has 100 valence electrons. The van der Waals surface area contributed by atoms with Crippen LogP contribution < -0.4 is 0 Å². The number of hydrogen-bond donors (Lipinski definition) is 0. The molecule has 0 aliphatic carbocycles. The first-order chi connectivity index (χ1) is 7.67. The minimum atomic E-state index is -0.426. The van der Waals surface area contributed by atoms with Crippen molar-refractivity contribution in [3.63, 3.8) is 0 Å².